The minimum absolute atomic E-state index is 0.00718. The maximum Gasteiger partial charge on any atom is 0.308 e. The smallest absolute Gasteiger partial charge is 0.308 e. The number of carbonyl (C=O) groups excluding carboxylic acids is 2. The van der Waals surface area contributed by atoms with Gasteiger partial charge in [0.2, 0.25) is 5.91 Å². The average molecular weight is 354 g/mol. The molecule has 2 amide bonds. The molecule has 1 atom stereocenters. The van der Waals surface area contributed by atoms with Crippen molar-refractivity contribution in [2.24, 2.45) is 5.92 Å². The van der Waals surface area contributed by atoms with Crippen molar-refractivity contribution < 1.29 is 24.2 Å². The first-order valence-electron chi connectivity index (χ1n) is 8.14. The molecule has 3 rings (SSSR count). The highest BCUT2D eigenvalue weighted by Crippen LogP contribution is 2.27. The fraction of sp³-hybridized carbons (Fsp3) is 0.211. The van der Waals surface area contributed by atoms with Gasteiger partial charge in [-0.1, -0.05) is 18.2 Å². The Morgan fingerprint density at radius 3 is 2.42 bits per heavy atom. The van der Waals surface area contributed by atoms with Crippen LogP contribution in [-0.4, -0.2) is 36.0 Å². The van der Waals surface area contributed by atoms with Gasteiger partial charge in [0, 0.05) is 24.3 Å². The van der Waals surface area contributed by atoms with E-state index in [1.807, 2.05) is 18.2 Å². The summed E-state index contributed by atoms with van der Waals surface area (Å²) in [6.45, 7) is 0.0197. The number of amides is 2. The molecule has 0 unspecified atom stereocenters. The van der Waals surface area contributed by atoms with Crippen molar-refractivity contribution in [2.45, 2.75) is 6.42 Å². The van der Waals surface area contributed by atoms with E-state index in [0.717, 1.165) is 0 Å². The number of hydrogen-bond acceptors (Lipinski definition) is 4. The molecule has 0 radical (unpaired) electrons. The summed E-state index contributed by atoms with van der Waals surface area (Å²) < 4.78 is 5.43. The van der Waals surface area contributed by atoms with Crippen LogP contribution in [0.1, 0.15) is 6.42 Å². The first kappa shape index (κ1) is 17.5. The molecule has 1 aliphatic rings. The molecule has 2 aromatic carbocycles. The first-order valence-corrected chi connectivity index (χ1v) is 8.14. The van der Waals surface area contributed by atoms with Crippen molar-refractivity contribution in [3.63, 3.8) is 0 Å². The number of carbonyl (C=O) groups is 3. The molecule has 0 saturated carbocycles. The van der Waals surface area contributed by atoms with Crippen molar-refractivity contribution in [3.05, 3.63) is 54.6 Å². The molecule has 7 heteroatoms. The van der Waals surface area contributed by atoms with Crippen molar-refractivity contribution in [1.29, 1.82) is 0 Å². The van der Waals surface area contributed by atoms with Crippen LogP contribution in [0.3, 0.4) is 0 Å². The molecular weight excluding hydrogens is 336 g/mol. The summed E-state index contributed by atoms with van der Waals surface area (Å²) in [7, 11) is 0. The predicted molar refractivity (Wildman–Crippen MR) is 95.1 cm³/mol. The molecule has 134 valence electrons. The van der Waals surface area contributed by atoms with Gasteiger partial charge in [-0.2, -0.15) is 0 Å². The fourth-order valence-corrected chi connectivity index (χ4v) is 2.71. The largest absolute Gasteiger partial charge is 0.484 e. The highest BCUT2D eigenvalue weighted by Gasteiger charge is 2.34. The van der Waals surface area contributed by atoms with Gasteiger partial charge in [0.15, 0.2) is 6.61 Å². The third-order valence-electron chi connectivity index (χ3n) is 4.05. The van der Waals surface area contributed by atoms with Gasteiger partial charge >= 0.3 is 5.97 Å². The Hall–Kier alpha value is -3.35. The SMILES string of the molecule is O=C(COc1ccc(N2C[C@@H](C(=O)O)CC2=O)cc1)Nc1ccccc1. The van der Waals surface area contributed by atoms with E-state index < -0.39 is 11.9 Å². The monoisotopic (exact) mass is 354 g/mol. The molecule has 2 N–H and O–H groups in total. The molecular formula is C19H18N2O5. The minimum atomic E-state index is -0.967. The number of carboxylic acid groups (broad SMARTS) is 1. The highest BCUT2D eigenvalue weighted by molar-refractivity contribution is 5.99. The summed E-state index contributed by atoms with van der Waals surface area (Å²) in [5.41, 5.74) is 1.30. The third-order valence-corrected chi connectivity index (χ3v) is 4.05. The molecule has 26 heavy (non-hydrogen) atoms. The maximum atomic E-state index is 11.9. The van der Waals surface area contributed by atoms with Crippen LogP contribution in [-0.2, 0) is 14.4 Å². The van der Waals surface area contributed by atoms with E-state index in [1.165, 1.54) is 4.90 Å². The summed E-state index contributed by atoms with van der Waals surface area (Å²) >= 11 is 0. The van der Waals surface area contributed by atoms with Crippen molar-refractivity contribution in [1.82, 2.24) is 0 Å². The van der Waals surface area contributed by atoms with Gasteiger partial charge in [-0.3, -0.25) is 14.4 Å². The van der Waals surface area contributed by atoms with E-state index in [1.54, 1.807) is 36.4 Å². The number of nitrogens with one attached hydrogen (secondary N) is 1. The summed E-state index contributed by atoms with van der Waals surface area (Å²) in [5, 5.41) is 11.7. The van der Waals surface area contributed by atoms with E-state index in [-0.39, 0.29) is 31.4 Å². The Balaban J connectivity index is 1.54. The van der Waals surface area contributed by atoms with E-state index in [4.69, 9.17) is 9.84 Å². The molecule has 0 bridgehead atoms. The van der Waals surface area contributed by atoms with Crippen LogP contribution in [0.5, 0.6) is 5.75 Å². The lowest BCUT2D eigenvalue weighted by atomic mass is 10.1. The summed E-state index contributed by atoms with van der Waals surface area (Å²) in [4.78, 5) is 36.3. The molecule has 1 fully saturated rings. The lowest BCUT2D eigenvalue weighted by Gasteiger charge is -2.16. The quantitative estimate of drug-likeness (QED) is 0.829. The second kappa shape index (κ2) is 7.69. The van der Waals surface area contributed by atoms with Gasteiger partial charge in [-0.25, -0.2) is 0 Å². The second-order valence-electron chi connectivity index (χ2n) is 5.94. The zero-order valence-corrected chi connectivity index (χ0v) is 13.9. The van der Waals surface area contributed by atoms with Crippen molar-refractivity contribution >= 4 is 29.2 Å². The van der Waals surface area contributed by atoms with Crippen LogP contribution in [0.2, 0.25) is 0 Å². The van der Waals surface area contributed by atoms with Crippen LogP contribution >= 0.6 is 0 Å². The van der Waals surface area contributed by atoms with Crippen LogP contribution < -0.4 is 15.0 Å². The van der Waals surface area contributed by atoms with E-state index in [2.05, 4.69) is 5.32 Å². The molecule has 0 spiro atoms. The van der Waals surface area contributed by atoms with Crippen LogP contribution in [0.15, 0.2) is 54.6 Å². The fourth-order valence-electron chi connectivity index (χ4n) is 2.71. The lowest BCUT2D eigenvalue weighted by Crippen LogP contribution is -2.25. The van der Waals surface area contributed by atoms with Crippen LogP contribution in [0.4, 0.5) is 11.4 Å². The Kier molecular flexibility index (Phi) is 5.17. The Labute approximate surface area is 150 Å². The highest BCUT2D eigenvalue weighted by atomic mass is 16.5. The van der Waals surface area contributed by atoms with Crippen LogP contribution in [0.25, 0.3) is 0 Å². The summed E-state index contributed by atoms with van der Waals surface area (Å²) in [6, 6.07) is 15.7. The standard InChI is InChI=1S/C19H18N2O5/c22-17(20-14-4-2-1-3-5-14)12-26-16-8-6-15(7-9-16)21-11-13(19(24)25)10-18(21)23/h1-9,13H,10-12H2,(H,20,22)(H,24,25)/t13-/m0/s1. The van der Waals surface area contributed by atoms with Gasteiger partial charge in [-0.15, -0.1) is 0 Å². The topological polar surface area (TPSA) is 95.9 Å². The lowest BCUT2D eigenvalue weighted by molar-refractivity contribution is -0.141. The Morgan fingerprint density at radius 1 is 1.12 bits per heavy atom. The number of carboxylic acids is 1. The maximum absolute atomic E-state index is 11.9. The normalized spacial score (nSPS) is 16.4. The zero-order valence-electron chi connectivity index (χ0n) is 13.9. The number of hydrogen-bond donors (Lipinski definition) is 2. The van der Waals surface area contributed by atoms with E-state index >= 15 is 0 Å². The van der Waals surface area contributed by atoms with E-state index in [0.29, 0.717) is 17.1 Å². The molecule has 7 nitrogen and oxygen atoms in total. The number of ether oxygens (including phenoxy) is 1. The molecule has 2 aromatic rings. The zero-order chi connectivity index (χ0) is 18.5. The molecule has 1 aliphatic heterocycles. The molecule has 1 heterocycles. The van der Waals surface area contributed by atoms with Gasteiger partial charge in [0.25, 0.3) is 5.91 Å². The molecule has 1 saturated heterocycles. The van der Waals surface area contributed by atoms with Gasteiger partial charge < -0.3 is 20.1 Å². The predicted octanol–water partition coefficient (Wildman–Crippen LogP) is 2.14. The molecule has 0 aliphatic carbocycles. The number of benzene rings is 2. The number of rotatable bonds is 6. The Morgan fingerprint density at radius 2 is 1.81 bits per heavy atom. The number of aliphatic carboxylic acids is 1. The van der Waals surface area contributed by atoms with Crippen molar-refractivity contribution in [3.8, 4) is 5.75 Å². The minimum Gasteiger partial charge on any atom is -0.484 e. The van der Waals surface area contributed by atoms with E-state index in [9.17, 15) is 14.4 Å². The van der Waals surface area contributed by atoms with Crippen LogP contribution in [0, 0.1) is 5.92 Å². The van der Waals surface area contributed by atoms with Crippen molar-refractivity contribution in [2.75, 3.05) is 23.4 Å². The summed E-state index contributed by atoms with van der Waals surface area (Å²) in [5.74, 6) is -1.66. The van der Waals surface area contributed by atoms with Gasteiger partial charge in [0.05, 0.1) is 5.92 Å². The first-order chi connectivity index (χ1) is 12.5. The van der Waals surface area contributed by atoms with Gasteiger partial charge in [0.1, 0.15) is 5.75 Å². The second-order valence-corrected chi connectivity index (χ2v) is 5.94. The third kappa shape index (κ3) is 4.18. The number of nitrogens with zero attached hydrogens (tertiary/aromatic N) is 1. The molecule has 0 aromatic heterocycles. The summed E-state index contributed by atoms with van der Waals surface area (Å²) in [6.07, 6.45) is 0.00718. The number of para-hydroxylation sites is 1. The number of anilines is 2. The average Bonchev–Trinajstić information content (AvgIpc) is 3.03. The Bertz CT molecular complexity index is 804. The van der Waals surface area contributed by atoms with Gasteiger partial charge in [-0.05, 0) is 36.4 Å².